The van der Waals surface area contributed by atoms with Crippen LogP contribution in [-0.4, -0.2) is 16.9 Å². The maximum Gasteiger partial charge on any atom is 0.175 e. The summed E-state index contributed by atoms with van der Waals surface area (Å²) in [5.74, 6) is 0.677. The first kappa shape index (κ1) is 7.98. The van der Waals surface area contributed by atoms with E-state index in [1.54, 1.807) is 18.3 Å². The number of rotatable bonds is 1. The monoisotopic (exact) mass is 175 g/mol. The molecule has 1 atom stereocenters. The van der Waals surface area contributed by atoms with Crippen molar-refractivity contribution in [2.45, 2.75) is 13.0 Å². The number of carbonyl (C=O) groups excluding carboxylic acids is 1. The average Bonchev–Trinajstić information content (AvgIpc) is 2.17. The standard InChI is InChI=1S/C10H9NO2/c1-7(12)9-5-4-8-10(13-9)3-2-6-11-8/h2-6,9H,1H3. The second kappa shape index (κ2) is 3.01. The summed E-state index contributed by atoms with van der Waals surface area (Å²) in [7, 11) is 0. The highest BCUT2D eigenvalue weighted by atomic mass is 16.5. The first-order valence-corrected chi connectivity index (χ1v) is 4.08. The van der Waals surface area contributed by atoms with Crippen molar-refractivity contribution < 1.29 is 9.53 Å². The number of pyridine rings is 1. The van der Waals surface area contributed by atoms with Crippen LogP contribution in [0.25, 0.3) is 6.08 Å². The molecule has 1 aromatic rings. The Morgan fingerprint density at radius 3 is 3.23 bits per heavy atom. The van der Waals surface area contributed by atoms with Crippen LogP contribution in [-0.2, 0) is 4.79 Å². The normalized spacial score (nSPS) is 19.0. The van der Waals surface area contributed by atoms with Crippen LogP contribution in [0.5, 0.6) is 5.75 Å². The van der Waals surface area contributed by atoms with Gasteiger partial charge in [0.1, 0.15) is 11.4 Å². The number of hydrogen-bond acceptors (Lipinski definition) is 3. The van der Waals surface area contributed by atoms with Gasteiger partial charge in [0.15, 0.2) is 11.9 Å². The van der Waals surface area contributed by atoms with Crippen molar-refractivity contribution in [1.29, 1.82) is 0 Å². The Morgan fingerprint density at radius 1 is 1.62 bits per heavy atom. The second-order valence-electron chi connectivity index (χ2n) is 2.89. The second-order valence-corrected chi connectivity index (χ2v) is 2.89. The SMILES string of the molecule is CC(=O)C1C=Cc2ncccc2O1. The van der Waals surface area contributed by atoms with Gasteiger partial charge in [0.05, 0.1) is 0 Å². The van der Waals surface area contributed by atoms with E-state index in [0.29, 0.717) is 5.75 Å². The van der Waals surface area contributed by atoms with E-state index >= 15 is 0 Å². The van der Waals surface area contributed by atoms with Crippen LogP contribution in [0.3, 0.4) is 0 Å². The molecule has 0 fully saturated rings. The highest BCUT2D eigenvalue weighted by molar-refractivity contribution is 5.84. The van der Waals surface area contributed by atoms with Crippen LogP contribution < -0.4 is 4.74 Å². The highest BCUT2D eigenvalue weighted by Gasteiger charge is 2.18. The van der Waals surface area contributed by atoms with E-state index in [2.05, 4.69) is 4.98 Å². The molecule has 0 saturated heterocycles. The van der Waals surface area contributed by atoms with Gasteiger partial charge in [0.2, 0.25) is 0 Å². The van der Waals surface area contributed by atoms with Crippen molar-refractivity contribution in [3.8, 4) is 5.75 Å². The van der Waals surface area contributed by atoms with Crippen LogP contribution in [0.4, 0.5) is 0 Å². The number of hydrogen-bond donors (Lipinski definition) is 0. The molecule has 2 rings (SSSR count). The summed E-state index contributed by atoms with van der Waals surface area (Å²) in [6.45, 7) is 1.51. The molecule has 0 radical (unpaired) electrons. The fraction of sp³-hybridized carbons (Fsp3) is 0.200. The van der Waals surface area contributed by atoms with Gasteiger partial charge >= 0.3 is 0 Å². The van der Waals surface area contributed by atoms with Crippen LogP contribution >= 0.6 is 0 Å². The quantitative estimate of drug-likeness (QED) is 0.648. The number of aromatic nitrogens is 1. The molecule has 1 aromatic heterocycles. The molecule has 1 aliphatic rings. The van der Waals surface area contributed by atoms with Crippen molar-refractivity contribution in [2.24, 2.45) is 0 Å². The topological polar surface area (TPSA) is 39.2 Å². The highest BCUT2D eigenvalue weighted by Crippen LogP contribution is 2.23. The van der Waals surface area contributed by atoms with E-state index < -0.39 is 6.10 Å². The van der Waals surface area contributed by atoms with Gasteiger partial charge in [-0.05, 0) is 31.2 Å². The largest absolute Gasteiger partial charge is 0.476 e. The minimum Gasteiger partial charge on any atom is -0.476 e. The van der Waals surface area contributed by atoms with Gasteiger partial charge in [-0.1, -0.05) is 0 Å². The molecule has 3 nitrogen and oxygen atoms in total. The summed E-state index contributed by atoms with van der Waals surface area (Å²) in [5.41, 5.74) is 0.778. The Bertz CT molecular complexity index is 371. The Morgan fingerprint density at radius 2 is 2.46 bits per heavy atom. The van der Waals surface area contributed by atoms with E-state index in [0.717, 1.165) is 5.69 Å². The van der Waals surface area contributed by atoms with Gasteiger partial charge in [-0.15, -0.1) is 0 Å². The number of carbonyl (C=O) groups is 1. The lowest BCUT2D eigenvalue weighted by Crippen LogP contribution is -2.24. The van der Waals surface area contributed by atoms with Gasteiger partial charge in [0.25, 0.3) is 0 Å². The molecule has 0 spiro atoms. The fourth-order valence-corrected chi connectivity index (χ4v) is 1.20. The number of Topliss-reactive ketones (excluding diaryl/α,β-unsaturated/α-hetero) is 1. The first-order valence-electron chi connectivity index (χ1n) is 4.08. The molecule has 0 bridgehead atoms. The van der Waals surface area contributed by atoms with Crippen molar-refractivity contribution >= 4 is 11.9 Å². The van der Waals surface area contributed by atoms with Crippen molar-refractivity contribution in [3.05, 3.63) is 30.1 Å². The molecule has 0 N–H and O–H groups in total. The third kappa shape index (κ3) is 1.45. The lowest BCUT2D eigenvalue weighted by molar-refractivity contribution is -0.121. The first-order chi connectivity index (χ1) is 6.27. The lowest BCUT2D eigenvalue weighted by Gasteiger charge is -2.17. The molecule has 1 unspecified atom stereocenters. The number of nitrogens with zero attached hydrogens (tertiary/aromatic N) is 1. The Kier molecular flexibility index (Phi) is 1.85. The molecule has 0 amide bonds. The summed E-state index contributed by atoms with van der Waals surface area (Å²) in [4.78, 5) is 15.1. The van der Waals surface area contributed by atoms with E-state index in [1.165, 1.54) is 6.92 Å². The predicted octanol–water partition coefficient (Wildman–Crippen LogP) is 1.44. The van der Waals surface area contributed by atoms with Gasteiger partial charge < -0.3 is 4.74 Å². The van der Waals surface area contributed by atoms with Crippen LogP contribution in [0.1, 0.15) is 12.6 Å². The predicted molar refractivity (Wildman–Crippen MR) is 48.4 cm³/mol. The van der Waals surface area contributed by atoms with Gasteiger partial charge in [-0.2, -0.15) is 0 Å². The van der Waals surface area contributed by atoms with E-state index in [-0.39, 0.29) is 5.78 Å². The van der Waals surface area contributed by atoms with Crippen LogP contribution in [0.15, 0.2) is 24.4 Å². The Hall–Kier alpha value is -1.64. The third-order valence-corrected chi connectivity index (χ3v) is 1.88. The molecule has 0 aliphatic carbocycles. The number of ether oxygens (including phenoxy) is 1. The van der Waals surface area contributed by atoms with E-state index in [1.807, 2.05) is 12.1 Å². The third-order valence-electron chi connectivity index (χ3n) is 1.88. The molecule has 1 aliphatic heterocycles. The molecule has 0 saturated carbocycles. The summed E-state index contributed by atoms with van der Waals surface area (Å²) in [6, 6.07) is 3.59. The maximum absolute atomic E-state index is 11.0. The number of fused-ring (bicyclic) bond motifs is 1. The lowest BCUT2D eigenvalue weighted by atomic mass is 10.1. The maximum atomic E-state index is 11.0. The summed E-state index contributed by atoms with van der Waals surface area (Å²) in [6.07, 6.45) is 4.78. The Labute approximate surface area is 76.1 Å². The molecule has 3 heteroatoms. The average molecular weight is 175 g/mol. The van der Waals surface area contributed by atoms with E-state index in [4.69, 9.17) is 4.74 Å². The molecular weight excluding hydrogens is 166 g/mol. The zero-order valence-corrected chi connectivity index (χ0v) is 7.23. The van der Waals surface area contributed by atoms with Crippen LogP contribution in [0.2, 0.25) is 0 Å². The molecular formula is C10H9NO2. The minimum absolute atomic E-state index is 0.00533. The Balaban J connectivity index is 2.34. The number of ketones is 1. The van der Waals surface area contributed by atoms with Gasteiger partial charge in [-0.3, -0.25) is 9.78 Å². The summed E-state index contributed by atoms with van der Waals surface area (Å²) < 4.78 is 5.39. The zero-order chi connectivity index (χ0) is 9.26. The molecule has 0 aromatic carbocycles. The van der Waals surface area contributed by atoms with Crippen molar-refractivity contribution in [1.82, 2.24) is 4.98 Å². The van der Waals surface area contributed by atoms with Crippen molar-refractivity contribution in [2.75, 3.05) is 0 Å². The zero-order valence-electron chi connectivity index (χ0n) is 7.23. The minimum atomic E-state index is -0.448. The van der Waals surface area contributed by atoms with Crippen LogP contribution in [0, 0.1) is 0 Å². The van der Waals surface area contributed by atoms with Gasteiger partial charge in [-0.25, -0.2) is 0 Å². The van der Waals surface area contributed by atoms with E-state index in [9.17, 15) is 4.79 Å². The molecule has 66 valence electrons. The summed E-state index contributed by atoms with van der Waals surface area (Å²) >= 11 is 0. The molecule has 2 heterocycles. The van der Waals surface area contributed by atoms with Gasteiger partial charge in [0, 0.05) is 6.20 Å². The van der Waals surface area contributed by atoms with Crippen molar-refractivity contribution in [3.63, 3.8) is 0 Å². The molecule has 13 heavy (non-hydrogen) atoms. The smallest absolute Gasteiger partial charge is 0.175 e. The summed E-state index contributed by atoms with van der Waals surface area (Å²) in [5, 5.41) is 0. The fourth-order valence-electron chi connectivity index (χ4n) is 1.20.